The van der Waals surface area contributed by atoms with Crippen LogP contribution in [0.1, 0.15) is 19.8 Å². The smallest absolute Gasteiger partial charge is 0.262 e. The van der Waals surface area contributed by atoms with Gasteiger partial charge >= 0.3 is 0 Å². The van der Waals surface area contributed by atoms with Crippen molar-refractivity contribution in [3.05, 3.63) is 46.8 Å². The van der Waals surface area contributed by atoms with Crippen LogP contribution in [0.25, 0.3) is 21.7 Å². The molecule has 1 heterocycles. The molecule has 3 aromatic rings. The molecule has 7 nitrogen and oxygen atoms in total. The average Bonchev–Trinajstić information content (AvgIpc) is 2.76. The zero-order valence-electron chi connectivity index (χ0n) is 16.7. The molecule has 0 N–H and O–H groups in total. The lowest BCUT2D eigenvalue weighted by atomic mass is 10.1. The summed E-state index contributed by atoms with van der Waals surface area (Å²) in [7, 11) is 0. The SMILES string of the molecule is CCn1c(SCC(=O)N(CCC#N)CCC#N)nc2cc3ccccc3cc2c1=O. The monoisotopic (exact) mass is 419 g/mol. The number of carbonyl (C=O) groups is 1. The van der Waals surface area contributed by atoms with Gasteiger partial charge in [-0.1, -0.05) is 36.0 Å². The van der Waals surface area contributed by atoms with Crippen LogP contribution in [0.4, 0.5) is 0 Å². The Hall–Kier alpha value is -3.36. The standard InChI is InChI=1S/C22H21N5O2S/c1-2-27-21(29)18-13-16-7-3-4-8-17(16)14-19(18)25-22(27)30-15-20(28)26(11-5-9-23)12-6-10-24/h3-4,7-8,13-14H,2,5-6,11-12,15H2,1H3. The zero-order chi connectivity index (χ0) is 21.5. The summed E-state index contributed by atoms with van der Waals surface area (Å²) in [5, 5.41) is 20.6. The Balaban J connectivity index is 1.90. The Bertz CT molecular complexity index is 1200. The molecule has 0 aliphatic carbocycles. The fraction of sp³-hybridized carbons (Fsp3) is 0.318. The van der Waals surface area contributed by atoms with Gasteiger partial charge in [0.25, 0.3) is 5.56 Å². The maximum atomic E-state index is 13.0. The first-order chi connectivity index (χ1) is 14.6. The summed E-state index contributed by atoms with van der Waals surface area (Å²) < 4.78 is 1.57. The number of benzene rings is 2. The van der Waals surface area contributed by atoms with E-state index in [1.807, 2.05) is 55.5 Å². The van der Waals surface area contributed by atoms with Crippen LogP contribution in [0.5, 0.6) is 0 Å². The van der Waals surface area contributed by atoms with Crippen LogP contribution in [0.2, 0.25) is 0 Å². The second-order valence-electron chi connectivity index (χ2n) is 6.65. The molecule has 0 radical (unpaired) electrons. The molecular formula is C22H21N5O2S. The van der Waals surface area contributed by atoms with Crippen LogP contribution >= 0.6 is 11.8 Å². The van der Waals surface area contributed by atoms with Crippen molar-refractivity contribution in [2.24, 2.45) is 0 Å². The van der Waals surface area contributed by atoms with E-state index < -0.39 is 0 Å². The van der Waals surface area contributed by atoms with E-state index in [1.165, 1.54) is 16.7 Å². The largest absolute Gasteiger partial charge is 0.340 e. The molecule has 0 atom stereocenters. The van der Waals surface area contributed by atoms with Crippen molar-refractivity contribution in [3.63, 3.8) is 0 Å². The lowest BCUT2D eigenvalue weighted by Crippen LogP contribution is -2.34. The topological polar surface area (TPSA) is 103 Å². The van der Waals surface area contributed by atoms with Crippen molar-refractivity contribution < 1.29 is 4.79 Å². The Labute approximate surface area is 178 Å². The highest BCUT2D eigenvalue weighted by atomic mass is 32.2. The highest BCUT2D eigenvalue weighted by molar-refractivity contribution is 7.99. The molecule has 0 bridgehead atoms. The molecule has 152 valence electrons. The highest BCUT2D eigenvalue weighted by Crippen LogP contribution is 2.23. The zero-order valence-corrected chi connectivity index (χ0v) is 17.5. The second kappa shape index (κ2) is 9.91. The summed E-state index contributed by atoms with van der Waals surface area (Å²) in [6, 6.07) is 15.6. The van der Waals surface area contributed by atoms with Crippen molar-refractivity contribution in [2.45, 2.75) is 31.5 Å². The Morgan fingerprint density at radius 2 is 1.77 bits per heavy atom. The third kappa shape index (κ3) is 4.61. The van der Waals surface area contributed by atoms with Crippen molar-refractivity contribution in [1.29, 1.82) is 10.5 Å². The minimum Gasteiger partial charge on any atom is -0.340 e. The Morgan fingerprint density at radius 3 is 2.37 bits per heavy atom. The van der Waals surface area contributed by atoms with Gasteiger partial charge in [-0.25, -0.2) is 4.98 Å². The average molecular weight is 420 g/mol. The molecule has 30 heavy (non-hydrogen) atoms. The number of nitriles is 2. The maximum Gasteiger partial charge on any atom is 0.262 e. The van der Waals surface area contributed by atoms with Gasteiger partial charge in [-0.2, -0.15) is 10.5 Å². The lowest BCUT2D eigenvalue weighted by molar-refractivity contribution is -0.128. The predicted octanol–water partition coefficient (Wildman–Crippen LogP) is 3.32. The number of fused-ring (bicyclic) bond motifs is 2. The summed E-state index contributed by atoms with van der Waals surface area (Å²) in [4.78, 5) is 31.8. The molecule has 0 fully saturated rings. The molecule has 2 aromatic carbocycles. The van der Waals surface area contributed by atoms with Crippen LogP contribution in [-0.2, 0) is 11.3 Å². The van der Waals surface area contributed by atoms with E-state index in [1.54, 1.807) is 4.57 Å². The second-order valence-corrected chi connectivity index (χ2v) is 7.59. The molecular weight excluding hydrogens is 398 g/mol. The van der Waals surface area contributed by atoms with Crippen LogP contribution in [0, 0.1) is 22.7 Å². The first kappa shape index (κ1) is 21.4. The molecule has 0 spiro atoms. The summed E-state index contributed by atoms with van der Waals surface area (Å²) in [6.45, 7) is 2.89. The summed E-state index contributed by atoms with van der Waals surface area (Å²) in [5.74, 6) is -0.0939. The minimum atomic E-state index is -0.180. The van der Waals surface area contributed by atoms with E-state index >= 15 is 0 Å². The van der Waals surface area contributed by atoms with Gasteiger partial charge in [-0.3, -0.25) is 14.2 Å². The summed E-state index contributed by atoms with van der Waals surface area (Å²) >= 11 is 1.20. The number of hydrogen-bond acceptors (Lipinski definition) is 6. The van der Waals surface area contributed by atoms with Crippen molar-refractivity contribution >= 4 is 39.3 Å². The molecule has 8 heteroatoms. The number of amides is 1. The molecule has 0 saturated carbocycles. The first-order valence-electron chi connectivity index (χ1n) is 9.66. The van der Waals surface area contributed by atoms with Crippen molar-refractivity contribution in [2.75, 3.05) is 18.8 Å². The lowest BCUT2D eigenvalue weighted by Gasteiger charge is -2.20. The third-order valence-corrected chi connectivity index (χ3v) is 5.73. The molecule has 0 unspecified atom stereocenters. The Kier molecular flexibility index (Phi) is 7.05. The van der Waals surface area contributed by atoms with Gasteiger partial charge in [0, 0.05) is 19.6 Å². The minimum absolute atomic E-state index is 0.0857. The number of nitrogens with zero attached hydrogens (tertiary/aromatic N) is 5. The molecule has 1 amide bonds. The molecule has 3 rings (SSSR count). The molecule has 0 saturated heterocycles. The third-order valence-electron chi connectivity index (χ3n) is 4.77. The first-order valence-corrected chi connectivity index (χ1v) is 10.7. The van der Waals surface area contributed by atoms with E-state index in [0.717, 1.165) is 10.8 Å². The van der Waals surface area contributed by atoms with Crippen molar-refractivity contribution in [1.82, 2.24) is 14.5 Å². The number of hydrogen-bond donors (Lipinski definition) is 0. The molecule has 0 aliphatic rings. The van der Waals surface area contributed by atoms with E-state index in [4.69, 9.17) is 10.5 Å². The van der Waals surface area contributed by atoms with Gasteiger partial charge in [0.2, 0.25) is 5.91 Å². The summed E-state index contributed by atoms with van der Waals surface area (Å²) in [5.41, 5.74) is 0.471. The molecule has 0 aliphatic heterocycles. The van der Waals surface area contributed by atoms with Crippen molar-refractivity contribution in [3.8, 4) is 12.1 Å². The maximum absolute atomic E-state index is 13.0. The molecule has 1 aromatic heterocycles. The number of carbonyl (C=O) groups excluding carboxylic acids is 1. The van der Waals surface area contributed by atoms with Gasteiger partial charge < -0.3 is 4.90 Å². The van der Waals surface area contributed by atoms with E-state index in [-0.39, 0.29) is 43.2 Å². The van der Waals surface area contributed by atoms with Gasteiger partial charge in [0.15, 0.2) is 5.16 Å². The van der Waals surface area contributed by atoms with Crippen LogP contribution in [0.3, 0.4) is 0 Å². The number of thioether (sulfide) groups is 1. The normalized spacial score (nSPS) is 10.6. The van der Waals surface area contributed by atoms with E-state index in [9.17, 15) is 9.59 Å². The summed E-state index contributed by atoms with van der Waals surface area (Å²) in [6.07, 6.45) is 0.422. The Morgan fingerprint density at radius 1 is 1.13 bits per heavy atom. The quantitative estimate of drug-likeness (QED) is 0.315. The van der Waals surface area contributed by atoms with Gasteiger partial charge in [-0.15, -0.1) is 0 Å². The van der Waals surface area contributed by atoms with Gasteiger partial charge in [-0.05, 0) is 29.8 Å². The fourth-order valence-electron chi connectivity index (χ4n) is 3.23. The van der Waals surface area contributed by atoms with E-state index in [0.29, 0.717) is 22.6 Å². The number of rotatable bonds is 8. The van der Waals surface area contributed by atoms with Crippen LogP contribution < -0.4 is 5.56 Å². The predicted molar refractivity (Wildman–Crippen MR) is 117 cm³/mol. The highest BCUT2D eigenvalue weighted by Gasteiger charge is 2.17. The van der Waals surface area contributed by atoms with Gasteiger partial charge in [0.05, 0.1) is 41.6 Å². The number of aromatic nitrogens is 2. The van der Waals surface area contributed by atoms with Gasteiger partial charge in [0.1, 0.15) is 0 Å². The fourth-order valence-corrected chi connectivity index (χ4v) is 4.19. The van der Waals surface area contributed by atoms with Crippen LogP contribution in [-0.4, -0.2) is 39.2 Å². The van der Waals surface area contributed by atoms with Crippen LogP contribution in [0.15, 0.2) is 46.3 Å². The van der Waals surface area contributed by atoms with E-state index in [2.05, 4.69) is 4.98 Å².